The predicted molar refractivity (Wildman–Crippen MR) is 108 cm³/mol. The molecule has 3 rings (SSSR count). The summed E-state index contributed by atoms with van der Waals surface area (Å²) < 4.78 is 15.7. The fourth-order valence-electron chi connectivity index (χ4n) is 2.52. The van der Waals surface area contributed by atoms with Gasteiger partial charge in [-0.1, -0.05) is 35.0 Å². The Morgan fingerprint density at radius 3 is 2.41 bits per heavy atom. The summed E-state index contributed by atoms with van der Waals surface area (Å²) >= 11 is 0. The van der Waals surface area contributed by atoms with Crippen molar-refractivity contribution >= 4 is 17.8 Å². The van der Waals surface area contributed by atoms with E-state index in [-0.39, 0.29) is 12.0 Å². The smallest absolute Gasteiger partial charge is 0.338 e. The highest BCUT2D eigenvalue weighted by Gasteiger charge is 2.13. The first-order valence-electron chi connectivity index (χ1n) is 9.18. The van der Waals surface area contributed by atoms with E-state index in [0.717, 1.165) is 11.1 Å². The maximum atomic E-state index is 12.1. The van der Waals surface area contributed by atoms with Gasteiger partial charge in [0.25, 0.3) is 5.91 Å². The first kappa shape index (κ1) is 20.1. The van der Waals surface area contributed by atoms with Gasteiger partial charge in [-0.05, 0) is 45.0 Å². The Bertz CT molecular complexity index is 975. The van der Waals surface area contributed by atoms with Gasteiger partial charge in [-0.3, -0.25) is 10.1 Å². The van der Waals surface area contributed by atoms with Gasteiger partial charge >= 0.3 is 5.97 Å². The van der Waals surface area contributed by atoms with Crippen LogP contribution in [0, 0.1) is 6.92 Å². The van der Waals surface area contributed by atoms with Crippen molar-refractivity contribution in [2.75, 3.05) is 11.9 Å². The molecule has 0 bridgehead atoms. The molecule has 2 aromatic carbocycles. The predicted octanol–water partition coefficient (Wildman–Crippen LogP) is 4.23. The largest absolute Gasteiger partial charge is 0.491 e. The zero-order valence-corrected chi connectivity index (χ0v) is 16.5. The molecule has 0 saturated heterocycles. The zero-order chi connectivity index (χ0) is 20.8. The second-order valence-corrected chi connectivity index (χ2v) is 6.76. The lowest BCUT2D eigenvalue weighted by Crippen LogP contribution is -2.20. The molecule has 1 heterocycles. The molecule has 1 N–H and O–H groups in total. The lowest BCUT2D eigenvalue weighted by atomic mass is 10.1. The number of nitrogens with one attached hydrogen (secondary N) is 1. The van der Waals surface area contributed by atoms with E-state index in [1.807, 2.05) is 45.0 Å². The third-order valence-electron chi connectivity index (χ3n) is 3.92. The van der Waals surface area contributed by atoms with Gasteiger partial charge < -0.3 is 14.0 Å². The third-order valence-corrected chi connectivity index (χ3v) is 3.92. The summed E-state index contributed by atoms with van der Waals surface area (Å²) in [5.74, 6) is -0.292. The maximum absolute atomic E-state index is 12.1. The molecular weight excluding hydrogens is 372 g/mol. The Hall–Kier alpha value is -3.61. The third kappa shape index (κ3) is 5.68. The van der Waals surface area contributed by atoms with Gasteiger partial charge in [-0.15, -0.1) is 0 Å². The number of anilines is 1. The zero-order valence-electron chi connectivity index (χ0n) is 16.5. The summed E-state index contributed by atoms with van der Waals surface area (Å²) in [6.07, 6.45) is 0.0408. The topological polar surface area (TPSA) is 90.7 Å². The van der Waals surface area contributed by atoms with Crippen molar-refractivity contribution in [3.05, 3.63) is 65.7 Å². The van der Waals surface area contributed by atoms with Gasteiger partial charge in [0.1, 0.15) is 11.4 Å². The average Bonchev–Trinajstić information content (AvgIpc) is 3.15. The Labute approximate surface area is 168 Å². The molecule has 7 nitrogen and oxygen atoms in total. The summed E-state index contributed by atoms with van der Waals surface area (Å²) in [7, 11) is 0. The van der Waals surface area contributed by atoms with Crippen molar-refractivity contribution in [2.24, 2.45) is 0 Å². The number of aromatic nitrogens is 1. The first-order chi connectivity index (χ1) is 13.9. The highest BCUT2D eigenvalue weighted by molar-refractivity contribution is 5.95. The van der Waals surface area contributed by atoms with Crippen LogP contribution in [-0.4, -0.2) is 29.7 Å². The Morgan fingerprint density at radius 1 is 1.07 bits per heavy atom. The van der Waals surface area contributed by atoms with Crippen LogP contribution >= 0.6 is 0 Å². The average molecular weight is 394 g/mol. The molecule has 0 saturated carbocycles. The number of aryl methyl sites for hydroxylation is 1. The molecule has 3 aromatic rings. The van der Waals surface area contributed by atoms with E-state index in [2.05, 4.69) is 10.5 Å². The molecule has 0 unspecified atom stereocenters. The molecule has 7 heteroatoms. The number of benzene rings is 2. The van der Waals surface area contributed by atoms with E-state index in [4.69, 9.17) is 14.0 Å². The van der Waals surface area contributed by atoms with Gasteiger partial charge in [-0.2, -0.15) is 0 Å². The summed E-state index contributed by atoms with van der Waals surface area (Å²) in [5.41, 5.74) is 2.93. The molecule has 0 radical (unpaired) electrons. The molecule has 0 aliphatic carbocycles. The number of esters is 1. The second kappa shape index (κ2) is 9.05. The Kier molecular flexibility index (Phi) is 6.29. The van der Waals surface area contributed by atoms with Crippen LogP contribution in [0.4, 0.5) is 5.88 Å². The quantitative estimate of drug-likeness (QED) is 0.603. The summed E-state index contributed by atoms with van der Waals surface area (Å²) in [5, 5.41) is 6.45. The van der Waals surface area contributed by atoms with Crippen molar-refractivity contribution in [2.45, 2.75) is 26.9 Å². The number of nitrogens with zero attached hydrogens (tertiary/aromatic N) is 1. The molecule has 0 atom stereocenters. The summed E-state index contributed by atoms with van der Waals surface area (Å²) in [4.78, 5) is 24.1. The highest BCUT2D eigenvalue weighted by Crippen LogP contribution is 2.22. The lowest BCUT2D eigenvalue weighted by molar-refractivity contribution is -0.119. The number of hydrogen-bond acceptors (Lipinski definition) is 6. The molecule has 1 amide bonds. The second-order valence-electron chi connectivity index (χ2n) is 6.76. The summed E-state index contributed by atoms with van der Waals surface area (Å²) in [6, 6.07) is 15.9. The van der Waals surface area contributed by atoms with Crippen LogP contribution in [0.1, 0.15) is 29.8 Å². The number of ether oxygens (including phenoxy) is 2. The maximum Gasteiger partial charge on any atom is 0.338 e. The summed E-state index contributed by atoms with van der Waals surface area (Å²) in [6.45, 7) is 5.38. The molecule has 1 aromatic heterocycles. The number of amides is 1. The lowest BCUT2D eigenvalue weighted by Gasteiger charge is -2.10. The van der Waals surface area contributed by atoms with Crippen LogP contribution in [-0.2, 0) is 9.53 Å². The van der Waals surface area contributed by atoms with Crippen molar-refractivity contribution in [1.29, 1.82) is 0 Å². The van der Waals surface area contributed by atoms with Crippen molar-refractivity contribution in [1.82, 2.24) is 5.16 Å². The van der Waals surface area contributed by atoms with E-state index in [1.165, 1.54) is 0 Å². The Balaban J connectivity index is 1.51. The first-order valence-corrected chi connectivity index (χ1v) is 9.18. The van der Waals surface area contributed by atoms with Gasteiger partial charge in [0.15, 0.2) is 6.61 Å². The monoisotopic (exact) mass is 394 g/mol. The van der Waals surface area contributed by atoms with Crippen LogP contribution in [0.2, 0.25) is 0 Å². The number of hydrogen-bond donors (Lipinski definition) is 1. The standard InChI is InChI=1S/C22H22N2O5/c1-14(2)28-18-10-8-17(9-11-18)22(26)27-13-20(25)23-21-12-19(24-29-21)16-6-4-15(3)5-7-16/h4-12,14H,13H2,1-3H3,(H,23,25). The van der Waals surface area contributed by atoms with Gasteiger partial charge in [0.05, 0.1) is 11.7 Å². The molecule has 0 aliphatic rings. The minimum atomic E-state index is -0.603. The molecule has 0 aliphatic heterocycles. The molecule has 0 spiro atoms. The van der Waals surface area contributed by atoms with E-state index >= 15 is 0 Å². The molecule has 29 heavy (non-hydrogen) atoms. The fourth-order valence-corrected chi connectivity index (χ4v) is 2.52. The van der Waals surface area contributed by atoms with Crippen LogP contribution in [0.15, 0.2) is 59.1 Å². The van der Waals surface area contributed by atoms with Crippen LogP contribution in [0.3, 0.4) is 0 Å². The molecule has 0 fully saturated rings. The SMILES string of the molecule is Cc1ccc(-c2cc(NC(=O)COC(=O)c3ccc(OC(C)C)cc3)on2)cc1. The highest BCUT2D eigenvalue weighted by atomic mass is 16.5. The fraction of sp³-hybridized carbons (Fsp3) is 0.227. The molecular formula is C22H22N2O5. The van der Waals surface area contributed by atoms with Crippen molar-refractivity contribution in [3.8, 4) is 17.0 Å². The van der Waals surface area contributed by atoms with E-state index < -0.39 is 18.5 Å². The Morgan fingerprint density at radius 2 is 1.76 bits per heavy atom. The van der Waals surface area contributed by atoms with E-state index in [0.29, 0.717) is 17.0 Å². The number of carbonyl (C=O) groups is 2. The minimum absolute atomic E-state index is 0.0408. The van der Waals surface area contributed by atoms with Gasteiger partial charge in [0, 0.05) is 11.6 Å². The van der Waals surface area contributed by atoms with Crippen molar-refractivity contribution < 1.29 is 23.6 Å². The minimum Gasteiger partial charge on any atom is -0.491 e. The normalized spacial score (nSPS) is 10.6. The number of rotatable bonds is 7. The van der Waals surface area contributed by atoms with Gasteiger partial charge in [0.2, 0.25) is 5.88 Å². The van der Waals surface area contributed by atoms with Crippen molar-refractivity contribution in [3.63, 3.8) is 0 Å². The van der Waals surface area contributed by atoms with Gasteiger partial charge in [-0.25, -0.2) is 4.79 Å². The van der Waals surface area contributed by atoms with E-state index in [9.17, 15) is 9.59 Å². The van der Waals surface area contributed by atoms with Crippen LogP contribution in [0.5, 0.6) is 5.75 Å². The molecule has 150 valence electrons. The van der Waals surface area contributed by atoms with Crippen LogP contribution < -0.4 is 10.1 Å². The van der Waals surface area contributed by atoms with E-state index in [1.54, 1.807) is 30.3 Å². The van der Waals surface area contributed by atoms with Crippen LogP contribution in [0.25, 0.3) is 11.3 Å². The number of carbonyl (C=O) groups excluding carboxylic acids is 2.